The zero-order valence-electron chi connectivity index (χ0n) is 8.20. The summed E-state index contributed by atoms with van der Waals surface area (Å²) < 4.78 is 4.83. The van der Waals surface area contributed by atoms with E-state index < -0.39 is 6.04 Å². The van der Waals surface area contributed by atoms with E-state index in [9.17, 15) is 9.59 Å². The molecule has 0 spiro atoms. The average Bonchev–Trinajstić information content (AvgIpc) is 2.17. The molecule has 1 rings (SSSR count). The Balaban J connectivity index is 2.52. The van der Waals surface area contributed by atoms with Gasteiger partial charge in [0, 0.05) is 0 Å². The molecule has 0 aromatic heterocycles. The number of carbonyl (C=O) groups excluding carboxylic acids is 2. The van der Waals surface area contributed by atoms with Gasteiger partial charge in [-0.25, -0.2) is 0 Å². The predicted molar refractivity (Wildman–Crippen MR) is 53.6 cm³/mol. The van der Waals surface area contributed by atoms with Gasteiger partial charge in [-0.1, -0.05) is 0 Å². The molecule has 0 aromatic rings. The third-order valence-corrected chi connectivity index (χ3v) is 2.57. The highest BCUT2D eigenvalue weighted by Gasteiger charge is 2.30. The second kappa shape index (κ2) is 5.21. The number of rotatable bonds is 3. The van der Waals surface area contributed by atoms with Crippen molar-refractivity contribution < 1.29 is 14.3 Å². The molecule has 1 aliphatic heterocycles. The highest BCUT2D eigenvalue weighted by atomic mass is 32.2. The molecule has 1 amide bonds. The van der Waals surface area contributed by atoms with E-state index in [1.165, 1.54) is 11.8 Å². The van der Waals surface area contributed by atoms with Gasteiger partial charge < -0.3 is 10.1 Å². The van der Waals surface area contributed by atoms with Gasteiger partial charge in [0.25, 0.3) is 0 Å². The van der Waals surface area contributed by atoms with Crippen LogP contribution in [0.25, 0.3) is 0 Å². The van der Waals surface area contributed by atoms with E-state index in [0.717, 1.165) is 0 Å². The molecule has 0 saturated carbocycles. The topological polar surface area (TPSA) is 67.4 Å². The first-order chi connectivity index (χ1) is 6.67. The zero-order chi connectivity index (χ0) is 10.6. The van der Waals surface area contributed by atoms with E-state index in [0.29, 0.717) is 6.61 Å². The Morgan fingerprint density at radius 2 is 2.43 bits per heavy atom. The molecule has 2 N–H and O–H groups in total. The predicted octanol–water partition coefficient (Wildman–Crippen LogP) is -0.326. The summed E-state index contributed by atoms with van der Waals surface area (Å²) in [5, 5.41) is 5.67. The van der Waals surface area contributed by atoms with Gasteiger partial charge in [0.05, 0.1) is 13.0 Å². The van der Waals surface area contributed by atoms with Gasteiger partial charge >= 0.3 is 5.97 Å². The molecule has 6 heteroatoms. The van der Waals surface area contributed by atoms with Crippen LogP contribution in [0.4, 0.5) is 0 Å². The fraction of sp³-hybridized carbons (Fsp3) is 0.750. The lowest BCUT2D eigenvalue weighted by Crippen LogP contribution is -2.57. The third-order valence-electron chi connectivity index (χ3n) is 1.84. The van der Waals surface area contributed by atoms with E-state index in [1.807, 2.05) is 6.26 Å². The minimum absolute atomic E-state index is 0.124. The second-order valence-corrected chi connectivity index (χ2v) is 3.80. The average molecular weight is 218 g/mol. The van der Waals surface area contributed by atoms with Crippen LogP contribution < -0.4 is 10.6 Å². The standard InChI is InChI=1S/C8H14N2O3S/c1-3-13-7(12)5-4-6(11)10-8(9-5)14-2/h5,8-9H,3-4H2,1-2H3,(H,10,11). The number of hydrogen-bond acceptors (Lipinski definition) is 5. The van der Waals surface area contributed by atoms with Crippen molar-refractivity contribution in [3.05, 3.63) is 0 Å². The maximum absolute atomic E-state index is 11.3. The first-order valence-corrected chi connectivity index (χ1v) is 5.71. The minimum Gasteiger partial charge on any atom is -0.465 e. The van der Waals surface area contributed by atoms with Gasteiger partial charge in [0.1, 0.15) is 11.5 Å². The summed E-state index contributed by atoms with van der Waals surface area (Å²) in [6.45, 7) is 2.08. The van der Waals surface area contributed by atoms with Gasteiger partial charge in [-0.2, -0.15) is 0 Å². The molecule has 0 aromatic carbocycles. The van der Waals surface area contributed by atoms with Crippen molar-refractivity contribution in [2.75, 3.05) is 12.9 Å². The number of thioether (sulfide) groups is 1. The molecule has 0 bridgehead atoms. The van der Waals surface area contributed by atoms with Crippen molar-refractivity contribution in [1.82, 2.24) is 10.6 Å². The summed E-state index contributed by atoms with van der Waals surface area (Å²) in [6.07, 6.45) is 2.00. The fourth-order valence-electron chi connectivity index (χ4n) is 1.20. The van der Waals surface area contributed by atoms with Gasteiger partial charge in [-0.05, 0) is 13.2 Å². The van der Waals surface area contributed by atoms with E-state index in [1.54, 1.807) is 6.92 Å². The largest absolute Gasteiger partial charge is 0.465 e. The summed E-state index contributed by atoms with van der Waals surface area (Å²) in [5.74, 6) is -0.484. The summed E-state index contributed by atoms with van der Waals surface area (Å²) in [5.41, 5.74) is -0.203. The van der Waals surface area contributed by atoms with Gasteiger partial charge in [-0.3, -0.25) is 14.9 Å². The number of ether oxygens (including phenoxy) is 1. The number of hydrogen-bond donors (Lipinski definition) is 2. The van der Waals surface area contributed by atoms with Gasteiger partial charge in [0.15, 0.2) is 0 Å². The quantitative estimate of drug-likeness (QED) is 0.635. The van der Waals surface area contributed by atoms with Gasteiger partial charge in [-0.15, -0.1) is 11.8 Å². The highest BCUT2D eigenvalue weighted by Crippen LogP contribution is 2.09. The number of nitrogens with one attached hydrogen (secondary N) is 2. The van der Waals surface area contributed by atoms with Crippen LogP contribution in [0, 0.1) is 0 Å². The van der Waals surface area contributed by atoms with Crippen LogP contribution in [0.5, 0.6) is 0 Å². The summed E-state index contributed by atoms with van der Waals surface area (Å²) in [7, 11) is 0. The van der Waals surface area contributed by atoms with Crippen LogP contribution in [0.15, 0.2) is 0 Å². The Bertz CT molecular complexity index is 235. The van der Waals surface area contributed by atoms with Crippen molar-refractivity contribution in [3.63, 3.8) is 0 Å². The fourth-order valence-corrected chi connectivity index (χ4v) is 1.74. The molecule has 0 radical (unpaired) electrons. The molecule has 2 unspecified atom stereocenters. The molecule has 1 aliphatic rings. The Morgan fingerprint density at radius 3 is 3.00 bits per heavy atom. The normalized spacial score (nSPS) is 26.9. The SMILES string of the molecule is CCOC(=O)C1CC(=O)NC(SC)N1. The molecule has 14 heavy (non-hydrogen) atoms. The lowest BCUT2D eigenvalue weighted by atomic mass is 10.2. The molecule has 5 nitrogen and oxygen atoms in total. The monoisotopic (exact) mass is 218 g/mol. The smallest absolute Gasteiger partial charge is 0.323 e. The Morgan fingerprint density at radius 1 is 1.71 bits per heavy atom. The van der Waals surface area contributed by atoms with Crippen molar-refractivity contribution in [1.29, 1.82) is 0 Å². The molecule has 80 valence electrons. The van der Waals surface area contributed by atoms with E-state index >= 15 is 0 Å². The maximum Gasteiger partial charge on any atom is 0.323 e. The summed E-state index contributed by atoms with van der Waals surface area (Å²) in [6, 6.07) is -0.513. The third kappa shape index (κ3) is 2.88. The number of esters is 1. The molecule has 1 heterocycles. The van der Waals surface area contributed by atoms with Crippen LogP contribution in [-0.2, 0) is 14.3 Å². The van der Waals surface area contributed by atoms with Crippen molar-refractivity contribution >= 4 is 23.6 Å². The van der Waals surface area contributed by atoms with Gasteiger partial charge in [0.2, 0.25) is 5.91 Å². The van der Waals surface area contributed by atoms with E-state index in [2.05, 4.69) is 10.6 Å². The van der Waals surface area contributed by atoms with Crippen LogP contribution in [-0.4, -0.2) is 36.3 Å². The van der Waals surface area contributed by atoms with Crippen LogP contribution in [0.1, 0.15) is 13.3 Å². The van der Waals surface area contributed by atoms with Crippen molar-refractivity contribution in [2.24, 2.45) is 0 Å². The Kier molecular flexibility index (Phi) is 4.21. The number of amides is 1. The van der Waals surface area contributed by atoms with Crippen LogP contribution in [0.3, 0.4) is 0 Å². The maximum atomic E-state index is 11.3. The lowest BCUT2D eigenvalue weighted by molar-refractivity contribution is -0.148. The minimum atomic E-state index is -0.513. The van der Waals surface area contributed by atoms with Crippen molar-refractivity contribution in [2.45, 2.75) is 24.9 Å². The highest BCUT2D eigenvalue weighted by molar-refractivity contribution is 7.99. The molecular weight excluding hydrogens is 204 g/mol. The molecule has 0 aliphatic carbocycles. The second-order valence-electron chi connectivity index (χ2n) is 2.86. The molecule has 1 saturated heterocycles. The molecular formula is C8H14N2O3S. The Hall–Kier alpha value is -0.750. The summed E-state index contributed by atoms with van der Waals surface area (Å²) >= 11 is 1.44. The Labute approximate surface area is 86.9 Å². The molecule has 2 atom stereocenters. The first kappa shape index (κ1) is 11.3. The molecule has 1 fully saturated rings. The van der Waals surface area contributed by atoms with E-state index in [4.69, 9.17) is 4.74 Å². The van der Waals surface area contributed by atoms with E-state index in [-0.39, 0.29) is 23.8 Å². The first-order valence-electron chi connectivity index (χ1n) is 4.42. The number of carbonyl (C=O) groups is 2. The van der Waals surface area contributed by atoms with Crippen molar-refractivity contribution in [3.8, 4) is 0 Å². The van der Waals surface area contributed by atoms with Crippen LogP contribution in [0.2, 0.25) is 0 Å². The summed E-state index contributed by atoms with van der Waals surface area (Å²) in [4.78, 5) is 22.5. The lowest BCUT2D eigenvalue weighted by Gasteiger charge is -2.28. The zero-order valence-corrected chi connectivity index (χ0v) is 9.02. The van der Waals surface area contributed by atoms with Crippen LogP contribution >= 0.6 is 11.8 Å².